The molecule has 0 unspecified atom stereocenters. The van der Waals surface area contributed by atoms with Gasteiger partial charge in [0.1, 0.15) is 11.8 Å². The Morgan fingerprint density at radius 2 is 1.78 bits per heavy atom. The molecule has 2 rings (SSSR count). The van der Waals surface area contributed by atoms with Gasteiger partial charge in [-0.1, -0.05) is 19.9 Å². The van der Waals surface area contributed by atoms with E-state index >= 15 is 0 Å². The van der Waals surface area contributed by atoms with Crippen molar-refractivity contribution in [3.63, 3.8) is 0 Å². The highest BCUT2D eigenvalue weighted by molar-refractivity contribution is 7.89. The maximum Gasteiger partial charge on any atom is 0.262 e. The molecule has 0 spiro atoms. The van der Waals surface area contributed by atoms with Crippen LogP contribution in [0.4, 0.5) is 4.39 Å². The van der Waals surface area contributed by atoms with E-state index in [1.165, 1.54) is 43.6 Å². The van der Waals surface area contributed by atoms with Crippen LogP contribution in [0.3, 0.4) is 0 Å². The Morgan fingerprint density at radius 3 is 2.25 bits per heavy atom. The second-order valence-corrected chi connectivity index (χ2v) is 10.5. The van der Waals surface area contributed by atoms with Gasteiger partial charge in [-0.15, -0.1) is 0 Å². The van der Waals surface area contributed by atoms with Crippen LogP contribution in [0.2, 0.25) is 0 Å². The van der Waals surface area contributed by atoms with E-state index in [-0.39, 0.29) is 11.4 Å². The van der Waals surface area contributed by atoms with Crippen LogP contribution < -0.4 is 10.2 Å². The molecule has 32 heavy (non-hydrogen) atoms. The van der Waals surface area contributed by atoms with Gasteiger partial charge in [-0.25, -0.2) is 18.9 Å². The van der Waals surface area contributed by atoms with Gasteiger partial charge in [-0.2, -0.15) is 8.70 Å². The minimum atomic E-state index is -4.14. The lowest BCUT2D eigenvalue weighted by Gasteiger charge is -2.33. The average Bonchev–Trinajstić information content (AvgIpc) is 2.72. The molecule has 1 atom stereocenters. The molecule has 176 valence electrons. The third-order valence-electron chi connectivity index (χ3n) is 4.46. The maximum atomic E-state index is 13.6. The second kappa shape index (κ2) is 10.4. The number of rotatable bonds is 9. The molecule has 0 aliphatic rings. The molecule has 1 aromatic heterocycles. The van der Waals surface area contributed by atoms with Gasteiger partial charge >= 0.3 is 0 Å². The molecule has 0 radical (unpaired) electrons. The molecule has 2 aromatic rings. The lowest BCUT2D eigenvalue weighted by atomic mass is 10.0. The van der Waals surface area contributed by atoms with E-state index < -0.39 is 39.4 Å². The van der Waals surface area contributed by atoms with Crippen LogP contribution >= 0.6 is 0 Å². The fraction of sp³-hybridized carbons (Fsp3) is 0.455. The van der Waals surface area contributed by atoms with Gasteiger partial charge in [0.2, 0.25) is 16.0 Å². The predicted octanol–water partition coefficient (Wildman–Crippen LogP) is 3.29. The number of ether oxygens (including phenoxy) is 1. The number of aromatic nitrogens is 1. The predicted molar refractivity (Wildman–Crippen MR) is 118 cm³/mol. The molecule has 1 aromatic carbocycles. The molecule has 0 saturated heterocycles. The summed E-state index contributed by atoms with van der Waals surface area (Å²) >= 11 is 0. The summed E-state index contributed by atoms with van der Waals surface area (Å²) in [6.45, 7) is 8.56. The molecule has 8 nitrogen and oxygen atoms in total. The highest BCUT2D eigenvalue weighted by Crippen LogP contribution is 2.26. The Balaban J connectivity index is 2.51. The summed E-state index contributed by atoms with van der Waals surface area (Å²) in [5.74, 6) is -1.20. The summed E-state index contributed by atoms with van der Waals surface area (Å²) < 4.78 is 46.7. The molecule has 10 heteroatoms. The molecular formula is C22H30FN3O5S. The van der Waals surface area contributed by atoms with Crippen LogP contribution in [0.1, 0.15) is 40.2 Å². The summed E-state index contributed by atoms with van der Waals surface area (Å²) in [6.07, 6.45) is 1.24. The molecule has 1 heterocycles. The van der Waals surface area contributed by atoms with Crippen molar-refractivity contribution in [2.75, 3.05) is 7.11 Å². The van der Waals surface area contributed by atoms with Crippen LogP contribution in [0.5, 0.6) is 5.75 Å². The zero-order valence-corrected chi connectivity index (χ0v) is 19.9. The van der Waals surface area contributed by atoms with E-state index in [0.29, 0.717) is 11.3 Å². The Bertz CT molecular complexity index is 1000. The number of carbonyl (C=O) groups excluding carboxylic acids is 1. The zero-order chi connectivity index (χ0) is 24.1. The second-order valence-electron chi connectivity index (χ2n) is 8.58. The fourth-order valence-electron chi connectivity index (χ4n) is 2.93. The minimum absolute atomic E-state index is 0.0106. The average molecular weight is 468 g/mol. The normalized spacial score (nSPS) is 13.3. The molecule has 0 saturated carbocycles. The number of nitrogens with zero attached hydrogens (tertiary/aromatic N) is 2. The Labute approximate surface area is 188 Å². The molecule has 1 amide bonds. The standard InChI is InChI=1S/C22H30FN3O5S/c1-15(2)20(21(27)25-31-22(3,4)5)26(14-16-7-12-19(23)24-13-16)32(28,29)18-10-8-17(30-6)9-11-18/h7-13,15,20H,14H2,1-6H3,(H,25,27)/t20-/m1/s1. The van der Waals surface area contributed by atoms with Crippen LogP contribution in [-0.4, -0.2) is 42.4 Å². The van der Waals surface area contributed by atoms with Crippen molar-refractivity contribution in [2.24, 2.45) is 5.92 Å². The van der Waals surface area contributed by atoms with Gasteiger partial charge in [0.05, 0.1) is 17.6 Å². The number of nitrogens with one attached hydrogen (secondary N) is 1. The largest absolute Gasteiger partial charge is 0.497 e. The zero-order valence-electron chi connectivity index (χ0n) is 19.1. The van der Waals surface area contributed by atoms with Gasteiger partial charge in [0, 0.05) is 12.7 Å². The van der Waals surface area contributed by atoms with Crippen molar-refractivity contribution in [3.8, 4) is 5.75 Å². The van der Waals surface area contributed by atoms with E-state index in [2.05, 4.69) is 10.5 Å². The Hall–Kier alpha value is -2.56. The molecule has 0 aliphatic carbocycles. The first-order valence-electron chi connectivity index (χ1n) is 10.1. The van der Waals surface area contributed by atoms with E-state index in [0.717, 1.165) is 10.4 Å². The highest BCUT2D eigenvalue weighted by atomic mass is 32.2. The molecule has 0 bridgehead atoms. The van der Waals surface area contributed by atoms with Gasteiger partial charge in [-0.3, -0.25) is 9.63 Å². The molecular weight excluding hydrogens is 437 g/mol. The number of amides is 1. The third kappa shape index (κ3) is 6.72. The van der Waals surface area contributed by atoms with Gasteiger partial charge < -0.3 is 4.74 Å². The van der Waals surface area contributed by atoms with Crippen LogP contribution in [-0.2, 0) is 26.2 Å². The number of pyridine rings is 1. The van der Waals surface area contributed by atoms with Gasteiger partial charge in [0.15, 0.2) is 0 Å². The number of hydrogen-bond acceptors (Lipinski definition) is 6. The quantitative estimate of drug-likeness (QED) is 0.449. The highest BCUT2D eigenvalue weighted by Gasteiger charge is 2.38. The minimum Gasteiger partial charge on any atom is -0.497 e. The van der Waals surface area contributed by atoms with Gasteiger partial charge in [-0.05, 0) is 62.6 Å². The molecule has 1 N–H and O–H groups in total. The smallest absolute Gasteiger partial charge is 0.262 e. The van der Waals surface area contributed by atoms with Crippen molar-refractivity contribution in [1.82, 2.24) is 14.8 Å². The summed E-state index contributed by atoms with van der Waals surface area (Å²) in [7, 11) is -2.66. The van der Waals surface area contributed by atoms with Crippen molar-refractivity contribution in [3.05, 3.63) is 54.1 Å². The van der Waals surface area contributed by atoms with Crippen molar-refractivity contribution < 1.29 is 27.2 Å². The van der Waals surface area contributed by atoms with E-state index in [4.69, 9.17) is 9.57 Å². The van der Waals surface area contributed by atoms with Crippen molar-refractivity contribution >= 4 is 15.9 Å². The van der Waals surface area contributed by atoms with E-state index in [9.17, 15) is 17.6 Å². The third-order valence-corrected chi connectivity index (χ3v) is 6.30. The fourth-order valence-corrected chi connectivity index (χ4v) is 4.63. The summed E-state index contributed by atoms with van der Waals surface area (Å²) in [6, 6.07) is 7.33. The number of hydrogen-bond donors (Lipinski definition) is 1. The molecule has 0 fully saturated rings. The van der Waals surface area contributed by atoms with Crippen molar-refractivity contribution in [1.29, 1.82) is 0 Å². The summed E-state index contributed by atoms with van der Waals surface area (Å²) in [4.78, 5) is 22.0. The van der Waals surface area contributed by atoms with Crippen LogP contribution in [0, 0.1) is 11.9 Å². The van der Waals surface area contributed by atoms with Crippen LogP contribution in [0.15, 0.2) is 47.5 Å². The number of sulfonamides is 1. The number of carbonyl (C=O) groups is 1. The summed E-state index contributed by atoms with van der Waals surface area (Å²) in [5.41, 5.74) is 2.14. The Morgan fingerprint density at radius 1 is 1.16 bits per heavy atom. The SMILES string of the molecule is COc1ccc(S(=O)(=O)N(Cc2ccc(F)nc2)[C@@H](C(=O)NOC(C)(C)C)C(C)C)cc1. The topological polar surface area (TPSA) is 97.8 Å². The number of benzene rings is 1. The number of methoxy groups -OCH3 is 1. The lowest BCUT2D eigenvalue weighted by Crippen LogP contribution is -2.52. The van der Waals surface area contributed by atoms with Crippen molar-refractivity contribution in [2.45, 2.75) is 57.7 Å². The van der Waals surface area contributed by atoms with Gasteiger partial charge in [0.25, 0.3) is 5.91 Å². The first-order chi connectivity index (χ1) is 14.8. The maximum absolute atomic E-state index is 13.6. The molecule has 0 aliphatic heterocycles. The summed E-state index contributed by atoms with van der Waals surface area (Å²) in [5, 5.41) is 0. The Kier molecular flexibility index (Phi) is 8.33. The number of halogens is 1. The first-order valence-corrected chi connectivity index (χ1v) is 11.5. The van der Waals surface area contributed by atoms with Crippen LogP contribution in [0.25, 0.3) is 0 Å². The number of hydroxylamine groups is 1. The monoisotopic (exact) mass is 467 g/mol. The van der Waals surface area contributed by atoms with E-state index in [1.54, 1.807) is 34.6 Å². The van der Waals surface area contributed by atoms with E-state index in [1.807, 2.05) is 0 Å². The lowest BCUT2D eigenvalue weighted by molar-refractivity contribution is -0.151. The first kappa shape index (κ1) is 25.7.